The third kappa shape index (κ3) is 2.79. The van der Waals surface area contributed by atoms with Crippen LogP contribution in [0, 0.1) is 17.5 Å². The first-order chi connectivity index (χ1) is 13.3. The van der Waals surface area contributed by atoms with Crippen molar-refractivity contribution in [2.75, 3.05) is 5.73 Å². The summed E-state index contributed by atoms with van der Waals surface area (Å²) in [6.45, 7) is 0. The van der Waals surface area contributed by atoms with Crippen LogP contribution >= 0.6 is 0 Å². The molecule has 5 atom stereocenters. The lowest BCUT2D eigenvalue weighted by atomic mass is 9.99. The molecule has 5 unspecified atom stereocenters. The van der Waals surface area contributed by atoms with Gasteiger partial charge in [0.15, 0.2) is 29.3 Å². The van der Waals surface area contributed by atoms with E-state index in [1.807, 2.05) is 0 Å². The Bertz CT molecular complexity index is 1050. The normalized spacial score (nSPS) is 26.1. The maximum Gasteiger partial charge on any atom is 0.164 e. The zero-order valence-corrected chi connectivity index (χ0v) is 14.1. The Hall–Kier alpha value is -2.73. The molecule has 0 aliphatic carbocycles. The number of anilines is 1. The summed E-state index contributed by atoms with van der Waals surface area (Å²) in [5.74, 6) is -3.17. The Labute approximate surface area is 155 Å². The number of nitrogens with zero attached hydrogens (tertiary/aromatic N) is 3. The largest absolute Gasteiger partial charge is 0.387 e. The van der Waals surface area contributed by atoms with Crippen molar-refractivity contribution < 1.29 is 33.2 Å². The van der Waals surface area contributed by atoms with E-state index in [2.05, 4.69) is 9.97 Å². The van der Waals surface area contributed by atoms with Crippen LogP contribution in [0.2, 0.25) is 0 Å². The van der Waals surface area contributed by atoms with Gasteiger partial charge in [-0.05, 0) is 17.7 Å². The molecule has 3 aromatic rings. The minimum atomic E-state index is -1.60. The van der Waals surface area contributed by atoms with Crippen LogP contribution in [0.5, 0.6) is 0 Å². The summed E-state index contributed by atoms with van der Waals surface area (Å²) in [5, 5.41) is 31.0. The predicted molar refractivity (Wildman–Crippen MR) is 89.1 cm³/mol. The van der Waals surface area contributed by atoms with Crippen LogP contribution in [-0.2, 0) is 4.74 Å². The Balaban J connectivity index is 1.69. The number of halogens is 3. The van der Waals surface area contributed by atoms with Gasteiger partial charge < -0.3 is 30.4 Å². The summed E-state index contributed by atoms with van der Waals surface area (Å²) in [4.78, 5) is 7.62. The molecule has 1 aliphatic heterocycles. The lowest BCUT2D eigenvalue weighted by molar-refractivity contribution is -0.0850. The zero-order valence-electron chi connectivity index (χ0n) is 14.1. The van der Waals surface area contributed by atoms with E-state index in [0.29, 0.717) is 0 Å². The van der Waals surface area contributed by atoms with Crippen molar-refractivity contribution >= 4 is 16.9 Å². The van der Waals surface area contributed by atoms with Gasteiger partial charge in [-0.3, -0.25) is 0 Å². The molecule has 3 heterocycles. The average molecular weight is 396 g/mol. The third-order valence-electron chi connectivity index (χ3n) is 4.74. The Morgan fingerprint density at radius 3 is 2.54 bits per heavy atom. The molecule has 28 heavy (non-hydrogen) atoms. The number of benzene rings is 1. The van der Waals surface area contributed by atoms with Gasteiger partial charge >= 0.3 is 0 Å². The lowest BCUT2D eigenvalue weighted by Gasteiger charge is -2.21. The number of hydrogen-bond donors (Lipinski definition) is 4. The summed E-state index contributed by atoms with van der Waals surface area (Å²) < 4.78 is 47.5. The van der Waals surface area contributed by atoms with Crippen LogP contribution in [0.4, 0.5) is 19.0 Å². The highest BCUT2D eigenvalue weighted by atomic mass is 19.2. The first kappa shape index (κ1) is 18.6. The SMILES string of the molecule is Nc1ncnc2c1c(F)cn2C1OC(C(O)c2ccc(F)c(F)c2)C(O)C1O. The van der Waals surface area contributed by atoms with E-state index in [4.69, 9.17) is 10.5 Å². The van der Waals surface area contributed by atoms with Crippen LogP contribution in [0.25, 0.3) is 11.0 Å². The van der Waals surface area contributed by atoms with Crippen LogP contribution < -0.4 is 5.73 Å². The van der Waals surface area contributed by atoms with Crippen LogP contribution in [0.1, 0.15) is 17.9 Å². The maximum absolute atomic E-state index is 14.2. The molecule has 2 aromatic heterocycles. The molecule has 8 nitrogen and oxygen atoms in total. The van der Waals surface area contributed by atoms with Gasteiger partial charge in [-0.25, -0.2) is 23.1 Å². The summed E-state index contributed by atoms with van der Waals surface area (Å²) in [7, 11) is 0. The standard InChI is InChI=1S/C17H15F3N4O4/c18-7-2-1-6(3-8(7)19)11(25)14-12(26)13(27)17(28-14)24-4-9(20)10-15(21)22-5-23-16(10)24/h1-5,11-14,17,25-27H,(H2,21,22,23). The second kappa shape index (κ2) is 6.71. The Kier molecular flexibility index (Phi) is 4.46. The molecule has 1 fully saturated rings. The number of aliphatic hydroxyl groups is 3. The number of rotatable bonds is 3. The quantitative estimate of drug-likeness (QED) is 0.515. The molecule has 0 saturated carbocycles. The van der Waals surface area contributed by atoms with Gasteiger partial charge in [-0.1, -0.05) is 6.07 Å². The molecule has 0 radical (unpaired) electrons. The predicted octanol–water partition coefficient (Wildman–Crippen LogP) is 0.784. The van der Waals surface area contributed by atoms with Crippen molar-refractivity contribution in [3.8, 4) is 0 Å². The van der Waals surface area contributed by atoms with Crippen molar-refractivity contribution in [2.24, 2.45) is 0 Å². The van der Waals surface area contributed by atoms with E-state index >= 15 is 0 Å². The number of aliphatic hydroxyl groups excluding tert-OH is 3. The lowest BCUT2D eigenvalue weighted by Crippen LogP contribution is -2.34. The van der Waals surface area contributed by atoms with E-state index in [1.54, 1.807) is 0 Å². The molecular weight excluding hydrogens is 381 g/mol. The van der Waals surface area contributed by atoms with E-state index < -0.39 is 48.1 Å². The number of ether oxygens (including phenoxy) is 1. The van der Waals surface area contributed by atoms with Crippen LogP contribution in [-0.4, -0.2) is 48.2 Å². The van der Waals surface area contributed by atoms with Crippen molar-refractivity contribution in [3.63, 3.8) is 0 Å². The second-order valence-electron chi connectivity index (χ2n) is 6.43. The molecule has 148 valence electrons. The highest BCUT2D eigenvalue weighted by Gasteiger charge is 2.47. The first-order valence-electron chi connectivity index (χ1n) is 8.20. The molecule has 5 N–H and O–H groups in total. The Morgan fingerprint density at radius 1 is 1.07 bits per heavy atom. The van der Waals surface area contributed by atoms with Crippen LogP contribution in [0.3, 0.4) is 0 Å². The molecular formula is C17H15F3N4O4. The van der Waals surface area contributed by atoms with E-state index in [0.717, 1.165) is 35.3 Å². The minimum Gasteiger partial charge on any atom is -0.387 e. The average Bonchev–Trinajstić information content (AvgIpc) is 3.15. The van der Waals surface area contributed by atoms with Gasteiger partial charge in [0.1, 0.15) is 36.6 Å². The number of aromatic nitrogens is 3. The maximum atomic E-state index is 14.2. The Morgan fingerprint density at radius 2 is 1.82 bits per heavy atom. The highest BCUT2D eigenvalue weighted by Crippen LogP contribution is 2.38. The number of nitrogen functional groups attached to an aromatic ring is 1. The minimum absolute atomic E-state index is 0.0178. The fourth-order valence-electron chi connectivity index (χ4n) is 3.32. The second-order valence-corrected chi connectivity index (χ2v) is 6.43. The van der Waals surface area contributed by atoms with Gasteiger partial charge in [0.2, 0.25) is 0 Å². The molecule has 1 aliphatic rings. The molecule has 0 bridgehead atoms. The van der Waals surface area contributed by atoms with E-state index in [-0.39, 0.29) is 22.4 Å². The molecule has 0 amide bonds. The summed E-state index contributed by atoms with van der Waals surface area (Å²) in [5.41, 5.74) is 5.60. The smallest absolute Gasteiger partial charge is 0.164 e. The fourth-order valence-corrected chi connectivity index (χ4v) is 3.32. The molecule has 0 spiro atoms. The molecule has 4 rings (SSSR count). The van der Waals surface area contributed by atoms with Crippen molar-refractivity contribution in [3.05, 3.63) is 53.7 Å². The van der Waals surface area contributed by atoms with Crippen LogP contribution in [0.15, 0.2) is 30.7 Å². The van der Waals surface area contributed by atoms with Gasteiger partial charge in [0.05, 0.1) is 5.39 Å². The monoisotopic (exact) mass is 396 g/mol. The van der Waals surface area contributed by atoms with Gasteiger partial charge in [-0.15, -0.1) is 0 Å². The summed E-state index contributed by atoms with van der Waals surface area (Å²) in [6, 6.07) is 2.70. The van der Waals surface area contributed by atoms with Crippen molar-refractivity contribution in [1.82, 2.24) is 14.5 Å². The summed E-state index contributed by atoms with van der Waals surface area (Å²) in [6.07, 6.45) is -5.41. The van der Waals surface area contributed by atoms with Crippen molar-refractivity contribution in [1.29, 1.82) is 0 Å². The molecule has 11 heteroatoms. The third-order valence-corrected chi connectivity index (χ3v) is 4.74. The highest BCUT2D eigenvalue weighted by molar-refractivity contribution is 5.86. The molecule has 1 saturated heterocycles. The number of nitrogens with two attached hydrogens (primary N) is 1. The van der Waals surface area contributed by atoms with E-state index in [9.17, 15) is 28.5 Å². The van der Waals surface area contributed by atoms with Gasteiger partial charge in [0, 0.05) is 6.20 Å². The zero-order chi connectivity index (χ0) is 20.2. The first-order valence-corrected chi connectivity index (χ1v) is 8.20. The van der Waals surface area contributed by atoms with Gasteiger partial charge in [0.25, 0.3) is 0 Å². The molecule has 1 aromatic carbocycles. The fraction of sp³-hybridized carbons (Fsp3) is 0.294. The van der Waals surface area contributed by atoms with Crippen molar-refractivity contribution in [2.45, 2.75) is 30.6 Å². The summed E-state index contributed by atoms with van der Waals surface area (Å²) >= 11 is 0. The van der Waals surface area contributed by atoms with Gasteiger partial charge in [-0.2, -0.15) is 0 Å². The number of hydrogen-bond acceptors (Lipinski definition) is 7. The topological polar surface area (TPSA) is 127 Å². The number of fused-ring (bicyclic) bond motifs is 1. The van der Waals surface area contributed by atoms with E-state index in [1.165, 1.54) is 0 Å².